The first-order valence-electron chi connectivity index (χ1n) is 7.80. The van der Waals surface area contributed by atoms with Crippen molar-refractivity contribution in [1.82, 2.24) is 19.7 Å². The Labute approximate surface area is 160 Å². The maximum atomic E-state index is 12.8. The highest BCUT2D eigenvalue weighted by Crippen LogP contribution is 2.36. The predicted octanol–water partition coefficient (Wildman–Crippen LogP) is 3.07. The largest absolute Gasteiger partial charge is 0.451 e. The molecular formula is C15H11F9N4O2. The normalized spacial score (nSPS) is 12.9. The number of rotatable bonds is 4. The summed E-state index contributed by atoms with van der Waals surface area (Å²) >= 11 is 0. The van der Waals surface area contributed by atoms with E-state index in [-0.39, 0.29) is 22.8 Å². The van der Waals surface area contributed by atoms with Crippen molar-refractivity contribution in [3.63, 3.8) is 0 Å². The number of benzene rings is 1. The van der Waals surface area contributed by atoms with Gasteiger partial charge < -0.3 is 5.32 Å². The highest BCUT2D eigenvalue weighted by atomic mass is 19.4. The fourth-order valence-electron chi connectivity index (χ4n) is 2.34. The monoisotopic (exact) mass is 450 g/mol. The molecule has 2 aromatic rings. The predicted molar refractivity (Wildman–Crippen MR) is 81.2 cm³/mol. The molecule has 1 heterocycles. The molecule has 30 heavy (non-hydrogen) atoms. The summed E-state index contributed by atoms with van der Waals surface area (Å²) in [6, 6.07) is 0.224. The summed E-state index contributed by atoms with van der Waals surface area (Å²) in [5, 5.41) is 4.97. The van der Waals surface area contributed by atoms with Gasteiger partial charge in [-0.25, -0.2) is 9.48 Å². The summed E-state index contributed by atoms with van der Waals surface area (Å²) in [5.41, 5.74) is -5.58. The Morgan fingerprint density at radius 3 is 1.83 bits per heavy atom. The number of alkyl halides is 9. The van der Waals surface area contributed by atoms with Crippen LogP contribution in [0.1, 0.15) is 27.3 Å². The molecule has 0 saturated carbocycles. The van der Waals surface area contributed by atoms with Crippen LogP contribution >= 0.6 is 0 Å². The Morgan fingerprint density at radius 1 is 0.933 bits per heavy atom. The minimum atomic E-state index is -5.16. The van der Waals surface area contributed by atoms with E-state index in [1.165, 1.54) is 0 Å². The van der Waals surface area contributed by atoms with Crippen LogP contribution in [0.25, 0.3) is 0 Å². The molecule has 0 aliphatic carbocycles. The lowest BCUT2D eigenvalue weighted by Gasteiger charge is -2.14. The number of carbonyl (C=O) groups excluding carboxylic acids is 1. The molecule has 0 radical (unpaired) electrons. The molecule has 0 aliphatic heterocycles. The van der Waals surface area contributed by atoms with Crippen LogP contribution in [0.3, 0.4) is 0 Å². The van der Waals surface area contributed by atoms with E-state index in [2.05, 4.69) is 5.10 Å². The van der Waals surface area contributed by atoms with Gasteiger partial charge in [0.15, 0.2) is 0 Å². The van der Waals surface area contributed by atoms with E-state index in [1.807, 2.05) is 5.32 Å². The maximum absolute atomic E-state index is 12.8. The Morgan fingerprint density at radius 2 is 1.43 bits per heavy atom. The van der Waals surface area contributed by atoms with E-state index >= 15 is 0 Å². The fourth-order valence-corrected chi connectivity index (χ4v) is 2.34. The average Bonchev–Trinajstić information content (AvgIpc) is 2.88. The first-order valence-corrected chi connectivity index (χ1v) is 7.80. The minimum Gasteiger partial charge on any atom is -0.350 e. The van der Waals surface area contributed by atoms with Crippen LogP contribution in [0, 0.1) is 0 Å². The zero-order valence-corrected chi connectivity index (χ0v) is 14.7. The smallest absolute Gasteiger partial charge is 0.350 e. The highest BCUT2D eigenvalue weighted by Gasteiger charge is 2.38. The third-order valence-electron chi connectivity index (χ3n) is 3.75. The maximum Gasteiger partial charge on any atom is 0.451 e. The summed E-state index contributed by atoms with van der Waals surface area (Å²) in [4.78, 5) is 23.7. The second-order valence-corrected chi connectivity index (χ2v) is 5.94. The van der Waals surface area contributed by atoms with Crippen molar-refractivity contribution in [2.45, 2.75) is 25.1 Å². The third kappa shape index (κ3) is 5.13. The van der Waals surface area contributed by atoms with Gasteiger partial charge >= 0.3 is 24.2 Å². The van der Waals surface area contributed by atoms with Crippen LogP contribution in [-0.2, 0) is 32.1 Å². The Hall–Kier alpha value is -3.00. The number of aromatic nitrogens is 3. The van der Waals surface area contributed by atoms with Gasteiger partial charge in [-0.05, 0) is 18.2 Å². The number of nitrogens with zero attached hydrogens (tertiary/aromatic N) is 3. The number of amides is 1. The summed E-state index contributed by atoms with van der Waals surface area (Å²) in [6.07, 6.45) is -15.3. The van der Waals surface area contributed by atoms with Gasteiger partial charge in [0.25, 0.3) is 5.91 Å². The van der Waals surface area contributed by atoms with Crippen molar-refractivity contribution in [2.75, 3.05) is 6.54 Å². The second-order valence-electron chi connectivity index (χ2n) is 5.94. The topological polar surface area (TPSA) is 68.9 Å². The zero-order valence-electron chi connectivity index (χ0n) is 14.7. The average molecular weight is 450 g/mol. The fraction of sp³-hybridized carbons (Fsp3) is 0.400. The van der Waals surface area contributed by atoms with Gasteiger partial charge in [-0.3, -0.25) is 9.36 Å². The van der Waals surface area contributed by atoms with Crippen LogP contribution in [-0.4, -0.2) is 26.8 Å². The van der Waals surface area contributed by atoms with Crippen molar-refractivity contribution in [2.24, 2.45) is 7.05 Å². The molecule has 1 aromatic carbocycles. The van der Waals surface area contributed by atoms with Crippen LogP contribution in [0.5, 0.6) is 0 Å². The van der Waals surface area contributed by atoms with E-state index in [4.69, 9.17) is 0 Å². The van der Waals surface area contributed by atoms with Gasteiger partial charge in [0, 0.05) is 19.2 Å². The lowest BCUT2D eigenvalue weighted by Crippen LogP contribution is -2.32. The number of carbonyl (C=O) groups is 1. The van der Waals surface area contributed by atoms with Crippen molar-refractivity contribution in [1.29, 1.82) is 0 Å². The van der Waals surface area contributed by atoms with Crippen molar-refractivity contribution < 1.29 is 44.3 Å². The zero-order chi connectivity index (χ0) is 23.1. The van der Waals surface area contributed by atoms with Crippen molar-refractivity contribution in [3.05, 3.63) is 51.2 Å². The minimum absolute atomic E-state index is 0.164. The van der Waals surface area contributed by atoms with E-state index < -0.39 is 65.7 Å². The Bertz CT molecular complexity index is 967. The first-order chi connectivity index (χ1) is 13.5. The highest BCUT2D eigenvalue weighted by molar-refractivity contribution is 5.94. The third-order valence-corrected chi connectivity index (χ3v) is 3.75. The summed E-state index contributed by atoms with van der Waals surface area (Å²) in [5.74, 6) is -2.88. The quantitative estimate of drug-likeness (QED) is 0.729. The van der Waals surface area contributed by atoms with Gasteiger partial charge in [0.1, 0.15) is 0 Å². The Kier molecular flexibility index (Phi) is 5.96. The Balaban J connectivity index is 2.21. The van der Waals surface area contributed by atoms with Crippen molar-refractivity contribution >= 4 is 5.91 Å². The molecule has 2 rings (SSSR count). The summed E-state index contributed by atoms with van der Waals surface area (Å²) in [6.45, 7) is -1.20. The van der Waals surface area contributed by atoms with Crippen LogP contribution in [0.4, 0.5) is 39.5 Å². The van der Waals surface area contributed by atoms with Crippen molar-refractivity contribution in [3.8, 4) is 0 Å². The molecule has 0 bridgehead atoms. The summed E-state index contributed by atoms with van der Waals surface area (Å²) < 4.78 is 116. The van der Waals surface area contributed by atoms with E-state index in [0.29, 0.717) is 4.68 Å². The molecular weight excluding hydrogens is 439 g/mol. The van der Waals surface area contributed by atoms with Gasteiger partial charge in [-0.1, -0.05) is 0 Å². The van der Waals surface area contributed by atoms with E-state index in [9.17, 15) is 49.1 Å². The molecule has 0 unspecified atom stereocenters. The molecule has 1 N–H and O–H groups in total. The van der Waals surface area contributed by atoms with E-state index in [0.717, 1.165) is 7.05 Å². The summed E-state index contributed by atoms with van der Waals surface area (Å²) in [7, 11) is 0.800. The second kappa shape index (κ2) is 7.68. The lowest BCUT2D eigenvalue weighted by molar-refractivity contribution is -0.147. The standard InChI is InChI=1S/C15H11F9N4O2/c1-27-11(15(22,23)24)26-28(12(27)30)3-2-25-10(29)7-4-8(13(16,17)18)6-9(5-7)14(19,20)21/h4-6H,2-3H2,1H3,(H,25,29). The molecule has 15 heteroatoms. The lowest BCUT2D eigenvalue weighted by atomic mass is 10.0. The van der Waals surface area contributed by atoms with Gasteiger partial charge in [0.05, 0.1) is 17.7 Å². The first kappa shape index (κ1) is 23.3. The van der Waals surface area contributed by atoms with Crippen LogP contribution in [0.15, 0.2) is 23.0 Å². The number of hydrogen-bond donors (Lipinski definition) is 1. The molecule has 0 aliphatic rings. The molecule has 0 spiro atoms. The molecule has 6 nitrogen and oxygen atoms in total. The van der Waals surface area contributed by atoms with Gasteiger partial charge in [0.2, 0.25) is 5.82 Å². The van der Waals surface area contributed by atoms with Crippen LogP contribution < -0.4 is 11.0 Å². The SMILES string of the molecule is Cn1c(C(F)(F)F)nn(CCNC(=O)c2cc(C(F)(F)F)cc(C(F)(F)F)c2)c1=O. The number of halogens is 9. The molecule has 1 aromatic heterocycles. The molecule has 1 amide bonds. The molecule has 0 saturated heterocycles. The van der Waals surface area contributed by atoms with Crippen LogP contribution in [0.2, 0.25) is 0 Å². The number of hydrogen-bond acceptors (Lipinski definition) is 3. The molecule has 0 atom stereocenters. The molecule has 166 valence electrons. The van der Waals surface area contributed by atoms with Gasteiger partial charge in [-0.15, -0.1) is 5.10 Å². The number of nitrogens with one attached hydrogen (secondary N) is 1. The van der Waals surface area contributed by atoms with Gasteiger partial charge in [-0.2, -0.15) is 39.5 Å². The van der Waals surface area contributed by atoms with E-state index in [1.54, 1.807) is 0 Å². The molecule has 0 fully saturated rings.